The summed E-state index contributed by atoms with van der Waals surface area (Å²) in [4.78, 5) is 4.28. The minimum absolute atomic E-state index is 0. The molecule has 82 valence electrons. The number of hydrogen-bond donors (Lipinski definition) is 1. The molecule has 15 heavy (non-hydrogen) atoms. The molecule has 1 fully saturated rings. The predicted molar refractivity (Wildman–Crippen MR) is 63.9 cm³/mol. The molecule has 0 atom stereocenters. The van der Waals surface area contributed by atoms with Gasteiger partial charge in [0.05, 0.1) is 11.9 Å². The van der Waals surface area contributed by atoms with Crippen molar-refractivity contribution in [2.24, 2.45) is 0 Å². The first-order valence-corrected chi connectivity index (χ1v) is 4.43. The number of nitrogens with two attached hydrogens (primary N) is 1. The molecule has 6 heteroatoms. The average molecular weight is 247 g/mol. The fourth-order valence-electron chi connectivity index (χ4n) is 1.53. The van der Waals surface area contributed by atoms with Gasteiger partial charge in [0.1, 0.15) is 0 Å². The molecule has 2 N–H and O–H groups in total. The van der Waals surface area contributed by atoms with Crippen LogP contribution in [0, 0.1) is 0 Å². The fourth-order valence-corrected chi connectivity index (χ4v) is 1.53. The number of aromatic nitrogens is 3. The van der Waals surface area contributed by atoms with E-state index in [0.717, 1.165) is 5.65 Å². The van der Waals surface area contributed by atoms with Crippen LogP contribution in [0.5, 0.6) is 0 Å². The van der Waals surface area contributed by atoms with Gasteiger partial charge in [0, 0.05) is 12.4 Å². The highest BCUT2D eigenvalue weighted by molar-refractivity contribution is 5.85. The molecule has 0 spiro atoms. The van der Waals surface area contributed by atoms with Crippen molar-refractivity contribution in [3.63, 3.8) is 0 Å². The maximum absolute atomic E-state index is 5.67. The monoisotopic (exact) mass is 246 g/mol. The number of fused-ring (bicyclic) bond motifs is 1. The third-order valence-corrected chi connectivity index (χ3v) is 2.45. The molecule has 0 unspecified atom stereocenters. The van der Waals surface area contributed by atoms with Crippen LogP contribution in [0.2, 0.25) is 0 Å². The zero-order valence-electron chi connectivity index (χ0n) is 7.96. The van der Waals surface area contributed by atoms with Crippen LogP contribution in [0.25, 0.3) is 5.65 Å². The van der Waals surface area contributed by atoms with Crippen molar-refractivity contribution < 1.29 is 0 Å². The standard InChI is InChI=1S/C9H10N4.2ClH/c10-8-4-12-13-5-7(6-1-2-6)3-11-9(8)13;;/h3-6H,1-2,10H2;2*1H. The van der Waals surface area contributed by atoms with Crippen LogP contribution in [-0.2, 0) is 0 Å². The van der Waals surface area contributed by atoms with Crippen LogP contribution in [0.3, 0.4) is 0 Å². The van der Waals surface area contributed by atoms with Crippen LogP contribution in [-0.4, -0.2) is 14.6 Å². The lowest BCUT2D eigenvalue weighted by Crippen LogP contribution is -1.94. The SMILES string of the molecule is Cl.Cl.Nc1cnn2cc(C3CC3)cnc12. The Morgan fingerprint density at radius 1 is 1.27 bits per heavy atom. The van der Waals surface area contributed by atoms with Crippen LogP contribution in [0.4, 0.5) is 5.69 Å². The van der Waals surface area contributed by atoms with E-state index in [0.29, 0.717) is 11.6 Å². The third kappa shape index (κ3) is 2.01. The summed E-state index contributed by atoms with van der Waals surface area (Å²) in [5.41, 5.74) is 8.34. The van der Waals surface area contributed by atoms with Gasteiger partial charge in [-0.15, -0.1) is 24.8 Å². The zero-order valence-corrected chi connectivity index (χ0v) is 9.59. The molecule has 2 aromatic rings. The molecule has 3 rings (SSSR count). The van der Waals surface area contributed by atoms with E-state index in [2.05, 4.69) is 10.1 Å². The predicted octanol–water partition coefficient (Wildman–Crippen LogP) is 2.03. The Balaban J connectivity index is 0.000000562. The number of hydrogen-bond acceptors (Lipinski definition) is 3. The number of anilines is 1. The van der Waals surface area contributed by atoms with E-state index in [1.807, 2.05) is 12.4 Å². The second-order valence-corrected chi connectivity index (χ2v) is 3.53. The van der Waals surface area contributed by atoms with E-state index in [1.165, 1.54) is 18.4 Å². The summed E-state index contributed by atoms with van der Waals surface area (Å²) < 4.78 is 1.75. The minimum Gasteiger partial charge on any atom is -0.394 e. The highest BCUT2D eigenvalue weighted by atomic mass is 35.5. The van der Waals surface area contributed by atoms with Gasteiger partial charge in [0.15, 0.2) is 5.65 Å². The van der Waals surface area contributed by atoms with Gasteiger partial charge in [-0.1, -0.05) is 0 Å². The summed E-state index contributed by atoms with van der Waals surface area (Å²) in [5.74, 6) is 0.710. The van der Waals surface area contributed by atoms with Gasteiger partial charge >= 0.3 is 0 Å². The van der Waals surface area contributed by atoms with E-state index in [4.69, 9.17) is 5.73 Å². The second kappa shape index (κ2) is 4.24. The van der Waals surface area contributed by atoms with Gasteiger partial charge in [-0.25, -0.2) is 9.50 Å². The van der Waals surface area contributed by atoms with Crippen molar-refractivity contribution in [3.05, 3.63) is 24.2 Å². The summed E-state index contributed by atoms with van der Waals surface area (Å²) >= 11 is 0. The average Bonchev–Trinajstić information content (AvgIpc) is 2.93. The molecule has 0 bridgehead atoms. The summed E-state index contributed by atoms with van der Waals surface area (Å²) in [6.07, 6.45) is 8.13. The van der Waals surface area contributed by atoms with Gasteiger partial charge in [-0.2, -0.15) is 5.10 Å². The number of rotatable bonds is 1. The van der Waals surface area contributed by atoms with E-state index < -0.39 is 0 Å². The smallest absolute Gasteiger partial charge is 0.178 e. The highest BCUT2D eigenvalue weighted by Gasteiger charge is 2.24. The summed E-state index contributed by atoms with van der Waals surface area (Å²) in [7, 11) is 0. The van der Waals surface area contributed by atoms with Crippen LogP contribution >= 0.6 is 24.8 Å². The topological polar surface area (TPSA) is 56.2 Å². The molecular formula is C9H12Cl2N4. The Morgan fingerprint density at radius 3 is 2.67 bits per heavy atom. The van der Waals surface area contributed by atoms with Crippen LogP contribution in [0.1, 0.15) is 24.3 Å². The fraction of sp³-hybridized carbons (Fsp3) is 0.333. The molecule has 0 aromatic carbocycles. The molecule has 0 radical (unpaired) electrons. The minimum atomic E-state index is 0. The van der Waals surface area contributed by atoms with Crippen molar-refractivity contribution in [2.45, 2.75) is 18.8 Å². The molecule has 2 heterocycles. The van der Waals surface area contributed by atoms with E-state index in [9.17, 15) is 0 Å². The Labute approximate surface area is 99.7 Å². The number of nitrogen functional groups attached to an aromatic ring is 1. The van der Waals surface area contributed by atoms with Gasteiger partial charge in [0.2, 0.25) is 0 Å². The Bertz CT molecular complexity index is 464. The van der Waals surface area contributed by atoms with Gasteiger partial charge in [-0.05, 0) is 24.3 Å². The lowest BCUT2D eigenvalue weighted by Gasteiger charge is -1.98. The summed E-state index contributed by atoms with van der Waals surface area (Å²) in [6, 6.07) is 0. The Hall–Kier alpha value is -1.00. The third-order valence-electron chi connectivity index (χ3n) is 2.45. The lowest BCUT2D eigenvalue weighted by atomic mass is 10.2. The number of nitrogens with zero attached hydrogens (tertiary/aromatic N) is 3. The molecule has 4 nitrogen and oxygen atoms in total. The molecule has 2 aromatic heterocycles. The van der Waals surface area contributed by atoms with Gasteiger partial charge in [-0.3, -0.25) is 0 Å². The molecular weight excluding hydrogens is 235 g/mol. The van der Waals surface area contributed by atoms with Crippen molar-refractivity contribution >= 4 is 36.1 Å². The highest BCUT2D eigenvalue weighted by Crippen LogP contribution is 2.39. The maximum atomic E-state index is 5.67. The molecule has 0 saturated heterocycles. The van der Waals surface area contributed by atoms with E-state index in [-0.39, 0.29) is 24.8 Å². The second-order valence-electron chi connectivity index (χ2n) is 3.53. The molecule has 1 saturated carbocycles. The van der Waals surface area contributed by atoms with E-state index >= 15 is 0 Å². The Morgan fingerprint density at radius 2 is 2.00 bits per heavy atom. The molecule has 1 aliphatic rings. The van der Waals surface area contributed by atoms with Crippen molar-refractivity contribution in [2.75, 3.05) is 5.73 Å². The first kappa shape index (κ1) is 12.1. The number of halogens is 2. The molecule has 0 aliphatic heterocycles. The molecule has 0 amide bonds. The maximum Gasteiger partial charge on any atom is 0.178 e. The van der Waals surface area contributed by atoms with Gasteiger partial charge in [0.25, 0.3) is 0 Å². The molecule has 1 aliphatic carbocycles. The lowest BCUT2D eigenvalue weighted by molar-refractivity contribution is 0.907. The summed E-state index contributed by atoms with van der Waals surface area (Å²) in [5, 5.41) is 4.12. The van der Waals surface area contributed by atoms with Gasteiger partial charge < -0.3 is 5.73 Å². The first-order chi connectivity index (χ1) is 6.34. The van der Waals surface area contributed by atoms with Crippen molar-refractivity contribution in [3.8, 4) is 0 Å². The van der Waals surface area contributed by atoms with Crippen LogP contribution in [0.15, 0.2) is 18.6 Å². The first-order valence-electron chi connectivity index (χ1n) is 4.43. The zero-order chi connectivity index (χ0) is 8.84. The normalized spacial score (nSPS) is 14.4. The van der Waals surface area contributed by atoms with Crippen LogP contribution < -0.4 is 5.73 Å². The summed E-state index contributed by atoms with van der Waals surface area (Å²) in [6.45, 7) is 0. The quantitative estimate of drug-likeness (QED) is 0.838. The van der Waals surface area contributed by atoms with Crippen molar-refractivity contribution in [1.82, 2.24) is 14.6 Å². The Kier molecular flexibility index (Phi) is 3.42. The largest absolute Gasteiger partial charge is 0.394 e. The van der Waals surface area contributed by atoms with E-state index in [1.54, 1.807) is 10.7 Å². The van der Waals surface area contributed by atoms with Crippen molar-refractivity contribution in [1.29, 1.82) is 0 Å².